The predicted octanol–water partition coefficient (Wildman–Crippen LogP) is 2.39. The zero-order valence-electron chi connectivity index (χ0n) is 14.7. The van der Waals surface area contributed by atoms with Crippen LogP contribution in [0.1, 0.15) is 11.4 Å². The van der Waals surface area contributed by atoms with Crippen LogP contribution >= 0.6 is 12.4 Å². The molecule has 0 amide bonds. The molecular weight excluding hydrogens is 348 g/mol. The summed E-state index contributed by atoms with van der Waals surface area (Å²) in [5, 5.41) is 0.633. The van der Waals surface area contributed by atoms with E-state index in [1.807, 2.05) is 24.3 Å². The van der Waals surface area contributed by atoms with E-state index in [1.54, 1.807) is 6.07 Å². The maximum Gasteiger partial charge on any atom is 0.258 e. The summed E-state index contributed by atoms with van der Waals surface area (Å²) in [6.45, 7) is 3.23. The van der Waals surface area contributed by atoms with E-state index >= 15 is 0 Å². The number of aromatic nitrogens is 2. The summed E-state index contributed by atoms with van der Waals surface area (Å²) in [7, 11) is 0. The van der Waals surface area contributed by atoms with Gasteiger partial charge in [-0.15, -0.1) is 12.4 Å². The fourth-order valence-corrected chi connectivity index (χ4v) is 2.97. The monoisotopic (exact) mass is 372 g/mol. The van der Waals surface area contributed by atoms with Crippen molar-refractivity contribution in [2.75, 3.05) is 26.2 Å². The molecule has 3 aromatic rings. The molecule has 138 valence electrons. The van der Waals surface area contributed by atoms with E-state index in [0.717, 1.165) is 37.4 Å². The molecule has 0 fully saturated rings. The average molecular weight is 373 g/mol. The molecule has 5 nitrogen and oxygen atoms in total. The van der Waals surface area contributed by atoms with Crippen LogP contribution in [0.4, 0.5) is 0 Å². The Labute approximate surface area is 159 Å². The van der Waals surface area contributed by atoms with Gasteiger partial charge in [0.05, 0.1) is 10.9 Å². The van der Waals surface area contributed by atoms with Crippen LogP contribution in [-0.4, -0.2) is 41.0 Å². The second-order valence-corrected chi connectivity index (χ2v) is 6.15. The maximum absolute atomic E-state index is 12.2. The highest BCUT2D eigenvalue weighted by Gasteiger charge is 2.08. The van der Waals surface area contributed by atoms with Crippen LogP contribution in [0.3, 0.4) is 0 Å². The van der Waals surface area contributed by atoms with Crippen molar-refractivity contribution in [2.45, 2.75) is 12.8 Å². The summed E-state index contributed by atoms with van der Waals surface area (Å²) in [4.78, 5) is 21.9. The molecule has 2 aromatic carbocycles. The molecule has 0 saturated heterocycles. The molecule has 1 heterocycles. The van der Waals surface area contributed by atoms with E-state index in [0.29, 0.717) is 18.4 Å². The molecule has 0 saturated carbocycles. The van der Waals surface area contributed by atoms with Crippen molar-refractivity contribution in [2.24, 2.45) is 5.73 Å². The van der Waals surface area contributed by atoms with Gasteiger partial charge in [0.2, 0.25) is 0 Å². The SMILES string of the molecule is Cl.NCCN(CCc1ccccc1)CCc1nc2ccccc2c(=O)[nH]1. The first-order valence-electron chi connectivity index (χ1n) is 8.70. The van der Waals surface area contributed by atoms with Gasteiger partial charge in [0.25, 0.3) is 5.56 Å². The number of nitrogens with zero attached hydrogens (tertiary/aromatic N) is 2. The number of nitrogens with two attached hydrogens (primary N) is 1. The number of H-pyrrole nitrogens is 1. The van der Waals surface area contributed by atoms with Gasteiger partial charge >= 0.3 is 0 Å². The third kappa shape index (κ3) is 5.39. The molecule has 0 aliphatic rings. The molecule has 3 rings (SSSR count). The topological polar surface area (TPSA) is 75.0 Å². The molecule has 0 aliphatic heterocycles. The zero-order chi connectivity index (χ0) is 17.5. The van der Waals surface area contributed by atoms with Crippen LogP contribution in [0.5, 0.6) is 0 Å². The van der Waals surface area contributed by atoms with E-state index in [2.05, 4.69) is 39.1 Å². The van der Waals surface area contributed by atoms with E-state index < -0.39 is 0 Å². The summed E-state index contributed by atoms with van der Waals surface area (Å²) >= 11 is 0. The summed E-state index contributed by atoms with van der Waals surface area (Å²) in [6.07, 6.45) is 1.69. The van der Waals surface area contributed by atoms with Crippen molar-refractivity contribution >= 4 is 23.3 Å². The largest absolute Gasteiger partial charge is 0.329 e. The molecule has 26 heavy (non-hydrogen) atoms. The Kier molecular flexibility index (Phi) is 7.78. The normalized spacial score (nSPS) is 10.8. The van der Waals surface area contributed by atoms with Gasteiger partial charge in [-0.05, 0) is 24.1 Å². The summed E-state index contributed by atoms with van der Waals surface area (Å²) < 4.78 is 0. The number of para-hydroxylation sites is 1. The molecule has 0 bridgehead atoms. The van der Waals surface area contributed by atoms with Crippen molar-refractivity contribution < 1.29 is 0 Å². The van der Waals surface area contributed by atoms with Crippen LogP contribution in [-0.2, 0) is 12.8 Å². The lowest BCUT2D eigenvalue weighted by Crippen LogP contribution is -2.33. The van der Waals surface area contributed by atoms with E-state index in [-0.39, 0.29) is 18.0 Å². The predicted molar refractivity (Wildman–Crippen MR) is 109 cm³/mol. The number of hydrogen-bond donors (Lipinski definition) is 2. The lowest BCUT2D eigenvalue weighted by atomic mass is 10.1. The van der Waals surface area contributed by atoms with Gasteiger partial charge in [0, 0.05) is 32.6 Å². The van der Waals surface area contributed by atoms with Gasteiger partial charge < -0.3 is 15.6 Å². The minimum absolute atomic E-state index is 0. The number of fused-ring (bicyclic) bond motifs is 1. The van der Waals surface area contributed by atoms with Crippen LogP contribution in [0, 0.1) is 0 Å². The summed E-state index contributed by atoms with van der Waals surface area (Å²) in [6, 6.07) is 17.9. The van der Waals surface area contributed by atoms with E-state index in [1.165, 1.54) is 5.56 Å². The molecule has 3 N–H and O–H groups in total. The number of nitrogens with one attached hydrogen (secondary N) is 1. The molecule has 1 aromatic heterocycles. The van der Waals surface area contributed by atoms with Gasteiger partial charge in [-0.25, -0.2) is 4.98 Å². The fraction of sp³-hybridized carbons (Fsp3) is 0.300. The Morgan fingerprint density at radius 1 is 0.923 bits per heavy atom. The van der Waals surface area contributed by atoms with Crippen LogP contribution < -0.4 is 11.3 Å². The van der Waals surface area contributed by atoms with Crippen molar-refractivity contribution in [3.05, 3.63) is 76.3 Å². The highest BCUT2D eigenvalue weighted by molar-refractivity contribution is 5.85. The van der Waals surface area contributed by atoms with Crippen molar-refractivity contribution in [1.82, 2.24) is 14.9 Å². The van der Waals surface area contributed by atoms with Crippen molar-refractivity contribution in [3.8, 4) is 0 Å². The second kappa shape index (κ2) is 10.1. The van der Waals surface area contributed by atoms with Gasteiger partial charge in [-0.2, -0.15) is 0 Å². The molecule has 0 atom stereocenters. The molecular formula is C20H25ClN4O. The number of halogens is 1. The third-order valence-electron chi connectivity index (χ3n) is 4.33. The van der Waals surface area contributed by atoms with Crippen molar-refractivity contribution in [1.29, 1.82) is 0 Å². The number of rotatable bonds is 8. The number of aromatic amines is 1. The highest BCUT2D eigenvalue weighted by Crippen LogP contribution is 2.07. The number of hydrogen-bond acceptors (Lipinski definition) is 4. The third-order valence-corrected chi connectivity index (χ3v) is 4.33. The Hall–Kier alpha value is -2.21. The first-order chi connectivity index (χ1) is 12.3. The smallest absolute Gasteiger partial charge is 0.258 e. The van der Waals surface area contributed by atoms with Gasteiger partial charge in [0.15, 0.2) is 0 Å². The van der Waals surface area contributed by atoms with Gasteiger partial charge in [-0.3, -0.25) is 4.79 Å². The molecule has 0 spiro atoms. The molecule has 6 heteroatoms. The zero-order valence-corrected chi connectivity index (χ0v) is 15.5. The van der Waals surface area contributed by atoms with E-state index in [4.69, 9.17) is 5.73 Å². The average Bonchev–Trinajstić information content (AvgIpc) is 2.65. The Morgan fingerprint density at radius 2 is 1.62 bits per heavy atom. The Morgan fingerprint density at radius 3 is 2.38 bits per heavy atom. The fourth-order valence-electron chi connectivity index (χ4n) is 2.97. The summed E-state index contributed by atoms with van der Waals surface area (Å²) in [5.74, 6) is 0.727. The number of benzene rings is 2. The molecule has 0 unspecified atom stereocenters. The minimum atomic E-state index is -0.0738. The molecule has 0 aliphatic carbocycles. The molecule has 0 radical (unpaired) electrons. The standard InChI is InChI=1S/C20H24N4O.ClH/c21-12-15-24(13-10-16-6-2-1-3-7-16)14-11-19-22-18-9-5-4-8-17(18)20(25)23-19;/h1-9H,10-15,21H2,(H,22,23,25);1H. The van der Waals surface area contributed by atoms with Gasteiger partial charge in [0.1, 0.15) is 5.82 Å². The second-order valence-electron chi connectivity index (χ2n) is 6.15. The van der Waals surface area contributed by atoms with Crippen LogP contribution in [0.15, 0.2) is 59.4 Å². The first-order valence-corrected chi connectivity index (χ1v) is 8.70. The lowest BCUT2D eigenvalue weighted by Gasteiger charge is -2.21. The Bertz CT molecular complexity index is 866. The quantitative estimate of drug-likeness (QED) is 0.636. The maximum atomic E-state index is 12.2. The van der Waals surface area contributed by atoms with Gasteiger partial charge in [-0.1, -0.05) is 42.5 Å². The summed E-state index contributed by atoms with van der Waals surface area (Å²) in [5.41, 5.74) is 7.74. The first kappa shape index (κ1) is 20.1. The Balaban J connectivity index is 0.00000243. The van der Waals surface area contributed by atoms with Crippen LogP contribution in [0.25, 0.3) is 10.9 Å². The highest BCUT2D eigenvalue weighted by atomic mass is 35.5. The van der Waals surface area contributed by atoms with Crippen molar-refractivity contribution in [3.63, 3.8) is 0 Å². The van der Waals surface area contributed by atoms with E-state index in [9.17, 15) is 4.79 Å². The minimum Gasteiger partial charge on any atom is -0.329 e. The van der Waals surface area contributed by atoms with Crippen LogP contribution in [0.2, 0.25) is 0 Å². The lowest BCUT2D eigenvalue weighted by molar-refractivity contribution is 0.286.